The molecule has 3 amide bonds. The zero-order valence-corrected chi connectivity index (χ0v) is 7.93. The molecule has 80 valence electrons. The Morgan fingerprint density at radius 3 is 2.94 bits per heavy atom. The monoisotopic (exact) mass is 218 g/mol. The molecule has 1 aliphatic heterocycles. The third kappa shape index (κ3) is 1.22. The number of hydrogen-bond donors (Lipinski definition) is 2. The van der Waals surface area contributed by atoms with Gasteiger partial charge in [0.2, 0.25) is 5.71 Å². The van der Waals surface area contributed by atoms with Crippen molar-refractivity contribution >= 4 is 23.0 Å². The lowest BCUT2D eigenvalue weighted by Crippen LogP contribution is -2.22. The summed E-state index contributed by atoms with van der Waals surface area (Å²) in [6.07, 6.45) is 2.92. The number of nitrogens with one attached hydrogen (secondary N) is 2. The number of hydrogen-bond acceptors (Lipinski definition) is 5. The third-order valence-electron chi connectivity index (χ3n) is 2.27. The predicted octanol–water partition coefficient (Wildman–Crippen LogP) is 0.103. The van der Waals surface area contributed by atoms with Gasteiger partial charge < -0.3 is 9.73 Å². The molecule has 0 aliphatic carbocycles. The van der Waals surface area contributed by atoms with Crippen LogP contribution in [0.1, 0.15) is 11.8 Å². The summed E-state index contributed by atoms with van der Waals surface area (Å²) < 4.78 is 5.34. The minimum absolute atomic E-state index is 0.346. The van der Waals surface area contributed by atoms with Gasteiger partial charge in [-0.2, -0.15) is 0 Å². The first-order valence-corrected chi connectivity index (χ1v) is 4.55. The van der Waals surface area contributed by atoms with Gasteiger partial charge in [0.05, 0.1) is 5.39 Å². The van der Waals surface area contributed by atoms with Gasteiger partial charge in [-0.15, -0.1) is 0 Å². The highest BCUT2D eigenvalue weighted by Gasteiger charge is 2.33. The lowest BCUT2D eigenvalue weighted by Gasteiger charge is -2.00. The van der Waals surface area contributed by atoms with Crippen molar-refractivity contribution in [3.63, 3.8) is 0 Å². The van der Waals surface area contributed by atoms with E-state index in [2.05, 4.69) is 20.6 Å². The predicted molar refractivity (Wildman–Crippen MR) is 51.2 cm³/mol. The number of urea groups is 1. The Morgan fingerprint density at radius 2 is 2.25 bits per heavy atom. The van der Waals surface area contributed by atoms with Crippen molar-refractivity contribution in [3.05, 3.63) is 24.4 Å². The molecule has 2 aromatic heterocycles. The van der Waals surface area contributed by atoms with Crippen molar-refractivity contribution in [2.45, 2.75) is 6.04 Å². The van der Waals surface area contributed by atoms with Crippen LogP contribution in [0.2, 0.25) is 0 Å². The number of imide groups is 1. The van der Waals surface area contributed by atoms with E-state index in [0.717, 1.165) is 0 Å². The number of nitrogens with zero attached hydrogens (tertiary/aromatic N) is 2. The smallest absolute Gasteiger partial charge is 0.322 e. The van der Waals surface area contributed by atoms with Crippen LogP contribution in [-0.4, -0.2) is 21.9 Å². The zero-order chi connectivity index (χ0) is 11.1. The van der Waals surface area contributed by atoms with Crippen LogP contribution in [0.3, 0.4) is 0 Å². The highest BCUT2D eigenvalue weighted by atomic mass is 16.3. The molecule has 1 atom stereocenters. The molecule has 7 heteroatoms. The SMILES string of the molecule is O=C1NC(=O)[C@H](c2cc3cncnc3o2)N1. The number of carbonyl (C=O) groups is 2. The molecule has 3 rings (SSSR count). The highest BCUT2D eigenvalue weighted by Crippen LogP contribution is 2.23. The molecule has 7 nitrogen and oxygen atoms in total. The molecule has 3 heterocycles. The summed E-state index contributed by atoms with van der Waals surface area (Å²) in [6, 6.07) is 0.314. The molecule has 2 aromatic rings. The van der Waals surface area contributed by atoms with Crippen LogP contribution >= 0.6 is 0 Å². The Morgan fingerprint density at radius 1 is 1.38 bits per heavy atom. The first-order chi connectivity index (χ1) is 7.74. The average molecular weight is 218 g/mol. The van der Waals surface area contributed by atoms with E-state index >= 15 is 0 Å². The van der Waals surface area contributed by atoms with E-state index < -0.39 is 18.0 Å². The fraction of sp³-hybridized carbons (Fsp3) is 0.111. The lowest BCUT2D eigenvalue weighted by molar-refractivity contribution is -0.120. The van der Waals surface area contributed by atoms with Gasteiger partial charge in [-0.1, -0.05) is 0 Å². The van der Waals surface area contributed by atoms with Crippen molar-refractivity contribution in [1.82, 2.24) is 20.6 Å². The molecular weight excluding hydrogens is 212 g/mol. The van der Waals surface area contributed by atoms with Gasteiger partial charge in [0.15, 0.2) is 6.04 Å². The number of carbonyl (C=O) groups excluding carboxylic acids is 2. The minimum atomic E-state index is -0.790. The summed E-state index contributed by atoms with van der Waals surface area (Å²) in [5, 5.41) is 5.25. The van der Waals surface area contributed by atoms with Crippen molar-refractivity contribution in [3.8, 4) is 0 Å². The van der Waals surface area contributed by atoms with Crippen LogP contribution in [-0.2, 0) is 4.79 Å². The van der Waals surface area contributed by atoms with Gasteiger partial charge in [0.25, 0.3) is 5.91 Å². The number of fused-ring (bicyclic) bond motifs is 1. The molecule has 0 saturated carbocycles. The summed E-state index contributed by atoms with van der Waals surface area (Å²) in [5.74, 6) is -0.0872. The maximum absolute atomic E-state index is 11.4. The van der Waals surface area contributed by atoms with Gasteiger partial charge in [-0.3, -0.25) is 10.1 Å². The van der Waals surface area contributed by atoms with E-state index in [1.165, 1.54) is 6.33 Å². The molecule has 0 radical (unpaired) electrons. The van der Waals surface area contributed by atoms with E-state index in [9.17, 15) is 9.59 Å². The molecule has 1 aliphatic rings. The fourth-order valence-corrected chi connectivity index (χ4v) is 1.57. The Balaban J connectivity index is 2.06. The van der Waals surface area contributed by atoms with E-state index in [4.69, 9.17) is 4.42 Å². The average Bonchev–Trinajstić information content (AvgIpc) is 2.81. The molecule has 0 unspecified atom stereocenters. The van der Waals surface area contributed by atoms with Gasteiger partial charge in [0.1, 0.15) is 12.1 Å². The van der Waals surface area contributed by atoms with E-state index in [1.807, 2.05) is 0 Å². The second-order valence-electron chi connectivity index (χ2n) is 3.33. The van der Waals surface area contributed by atoms with E-state index in [-0.39, 0.29) is 0 Å². The topological polar surface area (TPSA) is 97.1 Å². The van der Waals surface area contributed by atoms with Gasteiger partial charge >= 0.3 is 6.03 Å². The standard InChI is InChI=1S/C9H6N4O3/c14-7-6(12-9(15)13-7)5-1-4-2-10-3-11-8(4)16-5/h1-3,6H,(H2,12,13,14,15)/t6-/m0/s1. The van der Waals surface area contributed by atoms with Crippen LogP contribution < -0.4 is 10.6 Å². The highest BCUT2D eigenvalue weighted by molar-refractivity contribution is 6.04. The maximum Gasteiger partial charge on any atom is 0.322 e. The minimum Gasteiger partial charge on any atom is -0.440 e. The lowest BCUT2D eigenvalue weighted by atomic mass is 10.2. The quantitative estimate of drug-likeness (QED) is 0.662. The summed E-state index contributed by atoms with van der Waals surface area (Å²) in [7, 11) is 0. The van der Waals surface area contributed by atoms with Gasteiger partial charge in [-0.25, -0.2) is 14.8 Å². The molecule has 1 saturated heterocycles. The van der Waals surface area contributed by atoms with Crippen LogP contribution in [0.25, 0.3) is 11.1 Å². The molecule has 1 fully saturated rings. The summed E-state index contributed by atoms with van der Waals surface area (Å²) in [6.45, 7) is 0. The fourth-order valence-electron chi connectivity index (χ4n) is 1.57. The number of rotatable bonds is 1. The summed E-state index contributed by atoms with van der Waals surface area (Å²) in [4.78, 5) is 30.0. The Kier molecular flexibility index (Phi) is 1.67. The number of aromatic nitrogens is 2. The molecule has 0 aromatic carbocycles. The second kappa shape index (κ2) is 3.02. The van der Waals surface area contributed by atoms with Gasteiger partial charge in [0, 0.05) is 6.20 Å². The Labute approximate surface area is 88.9 Å². The largest absolute Gasteiger partial charge is 0.440 e. The molecule has 2 N–H and O–H groups in total. The van der Waals surface area contributed by atoms with Crippen LogP contribution in [0, 0.1) is 0 Å². The normalized spacial score (nSPS) is 19.9. The van der Waals surface area contributed by atoms with Crippen molar-refractivity contribution in [2.75, 3.05) is 0 Å². The first kappa shape index (κ1) is 8.84. The number of furan rings is 1. The molecule has 0 spiro atoms. The van der Waals surface area contributed by atoms with Crippen molar-refractivity contribution in [1.29, 1.82) is 0 Å². The third-order valence-corrected chi connectivity index (χ3v) is 2.27. The van der Waals surface area contributed by atoms with Crippen LogP contribution in [0.4, 0.5) is 4.79 Å². The summed E-state index contributed by atoms with van der Waals surface area (Å²) >= 11 is 0. The van der Waals surface area contributed by atoms with Crippen molar-refractivity contribution < 1.29 is 14.0 Å². The first-order valence-electron chi connectivity index (χ1n) is 4.55. The van der Waals surface area contributed by atoms with Crippen LogP contribution in [0.5, 0.6) is 0 Å². The molecule has 0 bridgehead atoms. The van der Waals surface area contributed by atoms with Crippen molar-refractivity contribution in [2.24, 2.45) is 0 Å². The van der Waals surface area contributed by atoms with Crippen LogP contribution in [0.15, 0.2) is 23.0 Å². The summed E-state index contributed by atoms with van der Waals surface area (Å²) in [5.41, 5.74) is 0.388. The number of amides is 3. The molecule has 16 heavy (non-hydrogen) atoms. The Bertz CT molecular complexity index is 558. The van der Waals surface area contributed by atoms with Gasteiger partial charge in [-0.05, 0) is 6.07 Å². The van der Waals surface area contributed by atoms with E-state index in [1.54, 1.807) is 12.3 Å². The Hall–Kier alpha value is -2.44. The maximum atomic E-state index is 11.4. The zero-order valence-electron chi connectivity index (χ0n) is 7.93. The van der Waals surface area contributed by atoms with E-state index in [0.29, 0.717) is 16.9 Å². The molecular formula is C9H6N4O3. The second-order valence-corrected chi connectivity index (χ2v) is 3.33.